The predicted molar refractivity (Wildman–Crippen MR) is 80.7 cm³/mol. The van der Waals surface area contributed by atoms with Gasteiger partial charge in [-0.15, -0.1) is 0 Å². The van der Waals surface area contributed by atoms with Crippen molar-refractivity contribution in [2.24, 2.45) is 13.0 Å². The summed E-state index contributed by atoms with van der Waals surface area (Å²) in [7, 11) is 3.43. The third-order valence-electron chi connectivity index (χ3n) is 3.29. The van der Waals surface area contributed by atoms with E-state index in [1.807, 2.05) is 23.7 Å². The van der Waals surface area contributed by atoms with E-state index in [-0.39, 0.29) is 18.6 Å². The van der Waals surface area contributed by atoms with Gasteiger partial charge in [0, 0.05) is 20.4 Å². The number of hydrogen-bond donors (Lipinski definition) is 1. The Labute approximate surface area is 124 Å². The average molecular weight is 290 g/mol. The number of fused-ring (bicyclic) bond motifs is 1. The number of nitrogens with zero attached hydrogens (tertiary/aromatic N) is 3. The summed E-state index contributed by atoms with van der Waals surface area (Å²) in [5, 5.41) is 2.99. The fourth-order valence-electron chi connectivity index (χ4n) is 2.42. The number of nitrogens with one attached hydrogen (secondary N) is 1. The summed E-state index contributed by atoms with van der Waals surface area (Å²) in [6.07, 6.45) is 2.56. The second kappa shape index (κ2) is 6.67. The van der Waals surface area contributed by atoms with E-state index < -0.39 is 0 Å². The Kier molecular flexibility index (Phi) is 4.90. The van der Waals surface area contributed by atoms with Crippen LogP contribution in [0, 0.1) is 5.92 Å². The van der Waals surface area contributed by atoms with Gasteiger partial charge in [0.1, 0.15) is 17.9 Å². The van der Waals surface area contributed by atoms with Crippen LogP contribution in [0.15, 0.2) is 18.3 Å². The van der Waals surface area contributed by atoms with Crippen molar-refractivity contribution >= 4 is 17.1 Å². The number of imidazole rings is 1. The normalized spacial score (nSPS) is 12.8. The lowest BCUT2D eigenvalue weighted by molar-refractivity contribution is -0.125. The number of rotatable bonds is 6. The quantitative estimate of drug-likeness (QED) is 0.881. The van der Waals surface area contributed by atoms with Crippen LogP contribution >= 0.6 is 0 Å². The monoisotopic (exact) mass is 290 g/mol. The van der Waals surface area contributed by atoms with Gasteiger partial charge in [-0.25, -0.2) is 9.97 Å². The van der Waals surface area contributed by atoms with Gasteiger partial charge in [-0.1, -0.05) is 13.8 Å². The first-order valence-corrected chi connectivity index (χ1v) is 7.08. The molecule has 21 heavy (non-hydrogen) atoms. The van der Waals surface area contributed by atoms with Crippen LogP contribution in [0.25, 0.3) is 11.2 Å². The fraction of sp³-hybridized carbons (Fsp3) is 0.533. The van der Waals surface area contributed by atoms with Crippen molar-refractivity contribution in [3.05, 3.63) is 24.2 Å². The summed E-state index contributed by atoms with van der Waals surface area (Å²) in [6.45, 7) is 4.30. The van der Waals surface area contributed by atoms with Crippen molar-refractivity contribution in [2.75, 3.05) is 13.7 Å². The van der Waals surface area contributed by atoms with Crippen LogP contribution in [0.5, 0.6) is 0 Å². The van der Waals surface area contributed by atoms with Gasteiger partial charge in [-0.05, 0) is 24.5 Å². The van der Waals surface area contributed by atoms with E-state index in [9.17, 15) is 4.79 Å². The SMILES string of the molecule is COCC(=O)NC(CC(C)C)c1nc2cccnc2n1C. The molecule has 0 saturated carbocycles. The maximum atomic E-state index is 11.8. The number of aryl methyl sites for hydroxylation is 1. The molecule has 0 aliphatic rings. The molecule has 0 spiro atoms. The average Bonchev–Trinajstić information content (AvgIpc) is 2.76. The molecule has 1 unspecified atom stereocenters. The first-order valence-electron chi connectivity index (χ1n) is 7.08. The molecule has 1 amide bonds. The van der Waals surface area contributed by atoms with Crippen LogP contribution in [0.3, 0.4) is 0 Å². The van der Waals surface area contributed by atoms with Crippen LogP contribution in [0.4, 0.5) is 0 Å². The first kappa shape index (κ1) is 15.4. The highest BCUT2D eigenvalue weighted by Gasteiger charge is 2.22. The van der Waals surface area contributed by atoms with Gasteiger partial charge in [0.05, 0.1) is 6.04 Å². The summed E-state index contributed by atoms with van der Waals surface area (Å²) in [6, 6.07) is 3.64. The summed E-state index contributed by atoms with van der Waals surface area (Å²) >= 11 is 0. The molecule has 2 rings (SSSR count). The van der Waals surface area contributed by atoms with Crippen LogP contribution in [-0.2, 0) is 16.6 Å². The lowest BCUT2D eigenvalue weighted by atomic mass is 10.0. The molecule has 0 radical (unpaired) electrons. The Morgan fingerprint density at radius 3 is 2.86 bits per heavy atom. The van der Waals surface area contributed by atoms with E-state index in [4.69, 9.17) is 4.74 Å². The number of carbonyl (C=O) groups excluding carboxylic acids is 1. The molecule has 2 aromatic heterocycles. The van der Waals surface area contributed by atoms with E-state index in [1.54, 1.807) is 6.20 Å². The Morgan fingerprint density at radius 1 is 1.48 bits per heavy atom. The number of carbonyl (C=O) groups is 1. The van der Waals surface area contributed by atoms with Crippen molar-refractivity contribution in [3.63, 3.8) is 0 Å². The van der Waals surface area contributed by atoms with Gasteiger partial charge in [-0.3, -0.25) is 4.79 Å². The van der Waals surface area contributed by atoms with Crippen LogP contribution in [0.1, 0.15) is 32.1 Å². The minimum atomic E-state index is -0.146. The number of methoxy groups -OCH3 is 1. The Bertz CT molecular complexity index is 621. The molecule has 2 heterocycles. The topological polar surface area (TPSA) is 69.0 Å². The van der Waals surface area contributed by atoms with Crippen molar-refractivity contribution in [2.45, 2.75) is 26.3 Å². The molecule has 0 aliphatic carbocycles. The van der Waals surface area contributed by atoms with Gasteiger partial charge in [0.15, 0.2) is 5.65 Å². The third-order valence-corrected chi connectivity index (χ3v) is 3.29. The van der Waals surface area contributed by atoms with E-state index in [0.717, 1.165) is 23.4 Å². The summed E-state index contributed by atoms with van der Waals surface area (Å²) in [5.41, 5.74) is 1.66. The molecule has 2 aromatic rings. The molecule has 6 nitrogen and oxygen atoms in total. The molecular weight excluding hydrogens is 268 g/mol. The lowest BCUT2D eigenvalue weighted by Crippen LogP contribution is -2.33. The molecule has 0 aromatic carbocycles. The Morgan fingerprint density at radius 2 is 2.24 bits per heavy atom. The molecule has 0 bridgehead atoms. The highest BCUT2D eigenvalue weighted by Crippen LogP contribution is 2.23. The zero-order valence-electron chi connectivity index (χ0n) is 13.0. The van der Waals surface area contributed by atoms with Crippen molar-refractivity contribution < 1.29 is 9.53 Å². The second-order valence-electron chi connectivity index (χ2n) is 5.56. The maximum absolute atomic E-state index is 11.8. The van der Waals surface area contributed by atoms with Crippen molar-refractivity contribution in [1.82, 2.24) is 19.9 Å². The molecule has 0 saturated heterocycles. The zero-order chi connectivity index (χ0) is 15.4. The van der Waals surface area contributed by atoms with E-state index in [0.29, 0.717) is 5.92 Å². The highest BCUT2D eigenvalue weighted by molar-refractivity contribution is 5.78. The largest absolute Gasteiger partial charge is 0.375 e. The molecular formula is C15H22N4O2. The van der Waals surface area contributed by atoms with E-state index in [2.05, 4.69) is 29.1 Å². The Hall–Kier alpha value is -1.95. The van der Waals surface area contributed by atoms with Crippen LogP contribution < -0.4 is 5.32 Å². The van der Waals surface area contributed by atoms with Crippen LogP contribution in [0.2, 0.25) is 0 Å². The number of ether oxygens (including phenoxy) is 1. The van der Waals surface area contributed by atoms with Gasteiger partial charge in [0.2, 0.25) is 5.91 Å². The Balaban J connectivity index is 2.33. The van der Waals surface area contributed by atoms with Crippen LogP contribution in [-0.4, -0.2) is 34.2 Å². The van der Waals surface area contributed by atoms with Gasteiger partial charge >= 0.3 is 0 Å². The molecule has 0 fully saturated rings. The first-order chi connectivity index (χ1) is 10.0. The molecule has 6 heteroatoms. The third kappa shape index (κ3) is 3.58. The molecule has 0 aliphatic heterocycles. The minimum absolute atomic E-state index is 0.0524. The minimum Gasteiger partial charge on any atom is -0.375 e. The maximum Gasteiger partial charge on any atom is 0.246 e. The number of aromatic nitrogens is 3. The number of pyridine rings is 1. The fourth-order valence-corrected chi connectivity index (χ4v) is 2.42. The van der Waals surface area contributed by atoms with Gasteiger partial charge < -0.3 is 14.6 Å². The summed E-state index contributed by atoms with van der Waals surface area (Å²) in [5.74, 6) is 1.12. The molecule has 1 atom stereocenters. The predicted octanol–water partition coefficient (Wildman–Crippen LogP) is 1.82. The van der Waals surface area contributed by atoms with E-state index in [1.165, 1.54) is 7.11 Å². The standard InChI is InChI=1S/C15H22N4O2/c1-10(2)8-12(17-13(20)9-21-4)15-18-11-6-5-7-16-14(11)19(15)3/h5-7,10,12H,8-9H2,1-4H3,(H,17,20). The van der Waals surface area contributed by atoms with Crippen molar-refractivity contribution in [1.29, 1.82) is 0 Å². The van der Waals surface area contributed by atoms with Crippen molar-refractivity contribution in [3.8, 4) is 0 Å². The highest BCUT2D eigenvalue weighted by atomic mass is 16.5. The summed E-state index contributed by atoms with van der Waals surface area (Å²) in [4.78, 5) is 20.8. The zero-order valence-corrected chi connectivity index (χ0v) is 13.0. The number of amides is 1. The molecule has 1 N–H and O–H groups in total. The number of hydrogen-bond acceptors (Lipinski definition) is 4. The summed E-state index contributed by atoms with van der Waals surface area (Å²) < 4.78 is 6.82. The van der Waals surface area contributed by atoms with Gasteiger partial charge in [-0.2, -0.15) is 0 Å². The second-order valence-corrected chi connectivity index (χ2v) is 5.56. The van der Waals surface area contributed by atoms with Gasteiger partial charge in [0.25, 0.3) is 0 Å². The molecule has 114 valence electrons. The lowest BCUT2D eigenvalue weighted by Gasteiger charge is -2.20. The van der Waals surface area contributed by atoms with E-state index >= 15 is 0 Å². The smallest absolute Gasteiger partial charge is 0.246 e.